The van der Waals surface area contributed by atoms with Crippen LogP contribution in [-0.4, -0.2) is 25.9 Å². The van der Waals surface area contributed by atoms with Crippen molar-refractivity contribution in [2.24, 2.45) is 0 Å². The van der Waals surface area contributed by atoms with Crippen LogP contribution in [0.2, 0.25) is 0 Å². The number of halogens is 3. The molecule has 3 N–H and O–H groups in total. The van der Waals surface area contributed by atoms with Crippen molar-refractivity contribution in [3.63, 3.8) is 0 Å². The first-order valence-corrected chi connectivity index (χ1v) is 10.4. The quantitative estimate of drug-likeness (QED) is 0.148. The van der Waals surface area contributed by atoms with Crippen LogP contribution in [0, 0.1) is 10.1 Å². The summed E-state index contributed by atoms with van der Waals surface area (Å²) >= 11 is 23.3. The number of amides is 1. The molecule has 1 atom stereocenters. The SMILES string of the molecule is O=C(NC(NC(=S)Nc1ccc2ccccc2c1)C(Cl)(Cl)Cl)c1cccc([N+](=O)[O-])c1. The van der Waals surface area contributed by atoms with Crippen LogP contribution in [0.25, 0.3) is 10.8 Å². The second kappa shape index (κ2) is 9.65. The number of fused-ring (bicyclic) bond motifs is 1. The van der Waals surface area contributed by atoms with Crippen LogP contribution < -0.4 is 16.0 Å². The van der Waals surface area contributed by atoms with E-state index in [1.807, 2.05) is 42.5 Å². The maximum Gasteiger partial charge on any atom is 0.270 e. The van der Waals surface area contributed by atoms with Crippen molar-refractivity contribution in [1.29, 1.82) is 0 Å². The fourth-order valence-electron chi connectivity index (χ4n) is 2.74. The number of carbonyl (C=O) groups is 1. The van der Waals surface area contributed by atoms with Crippen LogP contribution in [-0.2, 0) is 0 Å². The van der Waals surface area contributed by atoms with E-state index in [0.29, 0.717) is 5.69 Å². The number of nitrogens with one attached hydrogen (secondary N) is 3. The second-order valence-electron chi connectivity index (χ2n) is 6.42. The van der Waals surface area contributed by atoms with E-state index < -0.39 is 20.8 Å². The molecule has 0 saturated carbocycles. The smallest absolute Gasteiger partial charge is 0.270 e. The Kier molecular flexibility index (Phi) is 7.17. The molecule has 0 aliphatic rings. The number of rotatable bonds is 5. The molecular formula is C20H15Cl3N4O3S. The number of anilines is 1. The molecule has 7 nitrogen and oxygen atoms in total. The highest BCUT2D eigenvalue weighted by atomic mass is 35.6. The van der Waals surface area contributed by atoms with E-state index in [1.165, 1.54) is 18.2 Å². The molecule has 31 heavy (non-hydrogen) atoms. The van der Waals surface area contributed by atoms with Crippen LogP contribution in [0.4, 0.5) is 11.4 Å². The van der Waals surface area contributed by atoms with Gasteiger partial charge in [-0.1, -0.05) is 71.2 Å². The van der Waals surface area contributed by atoms with Gasteiger partial charge < -0.3 is 16.0 Å². The van der Waals surface area contributed by atoms with Crippen molar-refractivity contribution in [2.75, 3.05) is 5.32 Å². The van der Waals surface area contributed by atoms with Gasteiger partial charge in [0.05, 0.1) is 4.92 Å². The van der Waals surface area contributed by atoms with Crippen molar-refractivity contribution in [3.05, 3.63) is 82.4 Å². The van der Waals surface area contributed by atoms with Gasteiger partial charge in [-0.05, 0) is 41.2 Å². The van der Waals surface area contributed by atoms with E-state index in [9.17, 15) is 14.9 Å². The Morgan fingerprint density at radius 3 is 2.35 bits per heavy atom. The molecular weight excluding hydrogens is 483 g/mol. The predicted molar refractivity (Wildman–Crippen MR) is 128 cm³/mol. The highest BCUT2D eigenvalue weighted by molar-refractivity contribution is 7.80. The number of carbonyl (C=O) groups excluding carboxylic acids is 1. The van der Waals surface area contributed by atoms with E-state index in [1.54, 1.807) is 0 Å². The van der Waals surface area contributed by atoms with Crippen LogP contribution in [0.3, 0.4) is 0 Å². The predicted octanol–water partition coefficient (Wildman–Crippen LogP) is 5.16. The highest BCUT2D eigenvalue weighted by Gasteiger charge is 2.35. The number of nitrogens with zero attached hydrogens (tertiary/aromatic N) is 1. The van der Waals surface area contributed by atoms with Gasteiger partial charge in [0.1, 0.15) is 6.17 Å². The van der Waals surface area contributed by atoms with Gasteiger partial charge in [0, 0.05) is 23.4 Å². The highest BCUT2D eigenvalue weighted by Crippen LogP contribution is 2.29. The summed E-state index contributed by atoms with van der Waals surface area (Å²) < 4.78 is -1.97. The van der Waals surface area contributed by atoms with Crippen molar-refractivity contribution < 1.29 is 9.72 Å². The lowest BCUT2D eigenvalue weighted by Gasteiger charge is -2.27. The van der Waals surface area contributed by atoms with Crippen molar-refractivity contribution in [1.82, 2.24) is 10.6 Å². The first kappa shape index (κ1) is 23.0. The first-order valence-electron chi connectivity index (χ1n) is 8.82. The van der Waals surface area contributed by atoms with E-state index in [-0.39, 0.29) is 16.4 Å². The van der Waals surface area contributed by atoms with Gasteiger partial charge in [-0.2, -0.15) is 0 Å². The molecule has 0 saturated heterocycles. The number of non-ortho nitro benzene ring substituents is 1. The van der Waals surface area contributed by atoms with Crippen LogP contribution in [0.15, 0.2) is 66.7 Å². The van der Waals surface area contributed by atoms with Gasteiger partial charge in [0.25, 0.3) is 11.6 Å². The molecule has 1 amide bonds. The van der Waals surface area contributed by atoms with E-state index in [4.69, 9.17) is 47.0 Å². The molecule has 0 aromatic heterocycles. The lowest BCUT2D eigenvalue weighted by atomic mass is 10.1. The Morgan fingerprint density at radius 1 is 0.968 bits per heavy atom. The standard InChI is InChI=1S/C20H15Cl3N4O3S/c21-20(22,23)18(25-17(28)14-6-3-7-16(11-14)27(29)30)26-19(31)24-15-9-8-12-4-1-2-5-13(12)10-15/h1-11,18H,(H,25,28)(H2,24,26,31). The minimum atomic E-state index is -1.97. The number of thiocarbonyl (C=S) groups is 1. The van der Waals surface area contributed by atoms with Crippen LogP contribution in [0.5, 0.6) is 0 Å². The van der Waals surface area contributed by atoms with Crippen LogP contribution >= 0.6 is 47.0 Å². The third kappa shape index (κ3) is 6.18. The maximum absolute atomic E-state index is 12.5. The summed E-state index contributed by atoms with van der Waals surface area (Å²) in [6.07, 6.45) is -1.22. The number of benzene rings is 3. The Balaban J connectivity index is 1.71. The zero-order valence-electron chi connectivity index (χ0n) is 15.6. The van der Waals surface area contributed by atoms with E-state index in [0.717, 1.165) is 16.8 Å². The number of nitro benzene ring substituents is 1. The Labute approximate surface area is 197 Å². The molecule has 0 radical (unpaired) electrons. The number of nitro groups is 1. The summed E-state index contributed by atoms with van der Waals surface area (Å²) in [5, 5.41) is 21.3. The van der Waals surface area contributed by atoms with Crippen molar-refractivity contribution in [3.8, 4) is 0 Å². The Morgan fingerprint density at radius 2 is 1.68 bits per heavy atom. The monoisotopic (exact) mass is 496 g/mol. The number of alkyl halides is 3. The lowest BCUT2D eigenvalue weighted by Crippen LogP contribution is -2.56. The molecule has 1 unspecified atom stereocenters. The summed E-state index contributed by atoms with van der Waals surface area (Å²) in [7, 11) is 0. The molecule has 160 valence electrons. The zero-order valence-corrected chi connectivity index (χ0v) is 18.7. The molecule has 3 rings (SSSR count). The van der Waals surface area contributed by atoms with Gasteiger partial charge in [0.15, 0.2) is 5.11 Å². The van der Waals surface area contributed by atoms with Gasteiger partial charge in [0.2, 0.25) is 3.79 Å². The van der Waals surface area contributed by atoms with Crippen molar-refractivity contribution >= 4 is 80.2 Å². The molecule has 0 aliphatic carbocycles. The Bertz CT molecular complexity index is 1150. The molecule has 0 heterocycles. The van der Waals surface area contributed by atoms with Crippen molar-refractivity contribution in [2.45, 2.75) is 9.96 Å². The van der Waals surface area contributed by atoms with Gasteiger partial charge >= 0.3 is 0 Å². The first-order chi connectivity index (χ1) is 14.6. The van der Waals surface area contributed by atoms with Gasteiger partial charge in [-0.3, -0.25) is 14.9 Å². The third-order valence-electron chi connectivity index (χ3n) is 4.20. The molecule has 11 heteroatoms. The average Bonchev–Trinajstić information content (AvgIpc) is 2.72. The molecule has 0 fully saturated rings. The minimum Gasteiger partial charge on any atom is -0.339 e. The molecule has 0 spiro atoms. The minimum absolute atomic E-state index is 0.0312. The zero-order chi connectivity index (χ0) is 22.6. The fraction of sp³-hybridized carbons (Fsp3) is 0.100. The summed E-state index contributed by atoms with van der Waals surface area (Å²) in [6, 6.07) is 18.6. The maximum atomic E-state index is 12.5. The second-order valence-corrected chi connectivity index (χ2v) is 9.19. The topological polar surface area (TPSA) is 96.3 Å². The molecule has 3 aromatic carbocycles. The normalized spacial score (nSPS) is 12.1. The summed E-state index contributed by atoms with van der Waals surface area (Å²) in [4.78, 5) is 22.9. The molecule has 0 aliphatic heterocycles. The third-order valence-corrected chi connectivity index (χ3v) is 5.08. The number of hydrogen-bond donors (Lipinski definition) is 3. The summed E-state index contributed by atoms with van der Waals surface area (Å²) in [5.41, 5.74) is 0.493. The lowest BCUT2D eigenvalue weighted by molar-refractivity contribution is -0.384. The largest absolute Gasteiger partial charge is 0.339 e. The van der Waals surface area contributed by atoms with Gasteiger partial charge in [-0.15, -0.1) is 0 Å². The van der Waals surface area contributed by atoms with E-state index >= 15 is 0 Å². The number of hydrogen-bond acceptors (Lipinski definition) is 4. The fourth-order valence-corrected chi connectivity index (χ4v) is 3.30. The van der Waals surface area contributed by atoms with Gasteiger partial charge in [-0.25, -0.2) is 0 Å². The summed E-state index contributed by atoms with van der Waals surface area (Å²) in [5.74, 6) is -0.680. The molecule has 3 aromatic rings. The Hall–Kier alpha value is -2.65. The summed E-state index contributed by atoms with van der Waals surface area (Å²) in [6.45, 7) is 0. The van der Waals surface area contributed by atoms with E-state index in [2.05, 4.69) is 16.0 Å². The molecule has 0 bridgehead atoms. The average molecular weight is 498 g/mol. The van der Waals surface area contributed by atoms with Crippen LogP contribution in [0.1, 0.15) is 10.4 Å².